The lowest BCUT2D eigenvalue weighted by atomic mass is 9.65. The van der Waals surface area contributed by atoms with Gasteiger partial charge in [-0.15, -0.1) is 0 Å². The summed E-state index contributed by atoms with van der Waals surface area (Å²) in [5, 5.41) is 12.5. The maximum Gasteiger partial charge on any atom is 0.245 e. The number of tetrazole rings is 1. The van der Waals surface area contributed by atoms with E-state index in [1.807, 2.05) is 4.68 Å². The van der Waals surface area contributed by atoms with Crippen LogP contribution in [0.4, 0.5) is 5.95 Å². The van der Waals surface area contributed by atoms with Crippen LogP contribution in [0.2, 0.25) is 0 Å². The Morgan fingerprint density at radius 1 is 1.13 bits per heavy atom. The fraction of sp³-hybridized carbons (Fsp3) is 0.938. The fourth-order valence-corrected chi connectivity index (χ4v) is 4.08. The molecule has 1 aliphatic carbocycles. The van der Waals surface area contributed by atoms with Crippen LogP contribution in [0.15, 0.2) is 0 Å². The van der Waals surface area contributed by atoms with E-state index in [0.29, 0.717) is 23.3 Å². The normalized spacial score (nSPS) is 33.9. The van der Waals surface area contributed by atoms with Crippen molar-refractivity contribution in [2.24, 2.45) is 17.3 Å². The van der Waals surface area contributed by atoms with Crippen molar-refractivity contribution in [1.82, 2.24) is 20.2 Å². The first kappa shape index (κ1) is 16.6. The van der Waals surface area contributed by atoms with E-state index in [0.717, 1.165) is 32.3 Å². The first-order chi connectivity index (χ1) is 11.1. The lowest BCUT2D eigenvalue weighted by Crippen LogP contribution is -2.38. The zero-order valence-corrected chi connectivity index (χ0v) is 14.7. The minimum absolute atomic E-state index is 0.437. The molecule has 2 atom stereocenters. The molecule has 3 rings (SSSR count). The molecule has 0 N–H and O–H groups in total. The molecule has 1 saturated carbocycles. The van der Waals surface area contributed by atoms with Crippen LogP contribution in [0.5, 0.6) is 0 Å². The molecule has 0 unspecified atom stereocenters. The van der Waals surface area contributed by atoms with E-state index in [-0.39, 0.29) is 0 Å². The van der Waals surface area contributed by atoms with Gasteiger partial charge in [-0.2, -0.15) is 0 Å². The minimum Gasteiger partial charge on any atom is -0.384 e. The molecule has 7 nitrogen and oxygen atoms in total. The summed E-state index contributed by atoms with van der Waals surface area (Å²) in [6.07, 6.45) is 3.55. The molecular weight excluding hydrogens is 294 g/mol. The van der Waals surface area contributed by atoms with Gasteiger partial charge in [0, 0.05) is 39.1 Å². The second-order valence-electron chi connectivity index (χ2n) is 7.49. The molecular formula is C16H29N5O2. The van der Waals surface area contributed by atoms with Gasteiger partial charge in [0.25, 0.3) is 0 Å². The molecule has 7 heteroatoms. The maximum absolute atomic E-state index is 5.38. The second kappa shape index (κ2) is 6.73. The summed E-state index contributed by atoms with van der Waals surface area (Å²) in [6.45, 7) is 7.99. The predicted molar refractivity (Wildman–Crippen MR) is 87.4 cm³/mol. The highest BCUT2D eigenvalue weighted by molar-refractivity contribution is 5.32. The maximum atomic E-state index is 5.38. The molecule has 1 aromatic heterocycles. The number of anilines is 1. The SMILES string of the molecule is CCC1(C)CC(n2nnnc2N2C[C@@H](COC)[C@H](COC)C2)C1. The van der Waals surface area contributed by atoms with Gasteiger partial charge >= 0.3 is 0 Å². The second-order valence-corrected chi connectivity index (χ2v) is 7.49. The monoisotopic (exact) mass is 323 g/mol. The molecule has 23 heavy (non-hydrogen) atoms. The Kier molecular flexibility index (Phi) is 4.87. The molecule has 1 aromatic rings. The van der Waals surface area contributed by atoms with Gasteiger partial charge in [0.15, 0.2) is 0 Å². The number of hydrogen-bond donors (Lipinski definition) is 0. The molecule has 0 amide bonds. The van der Waals surface area contributed by atoms with Crippen molar-refractivity contribution in [1.29, 1.82) is 0 Å². The first-order valence-corrected chi connectivity index (χ1v) is 8.61. The summed E-state index contributed by atoms with van der Waals surface area (Å²) in [7, 11) is 3.52. The minimum atomic E-state index is 0.437. The number of rotatable bonds is 7. The van der Waals surface area contributed by atoms with E-state index in [1.165, 1.54) is 19.3 Å². The molecule has 0 bridgehead atoms. The summed E-state index contributed by atoms with van der Waals surface area (Å²) >= 11 is 0. The molecule has 1 aliphatic heterocycles. The van der Waals surface area contributed by atoms with Crippen molar-refractivity contribution in [2.45, 2.75) is 39.2 Å². The van der Waals surface area contributed by atoms with Crippen LogP contribution in [-0.4, -0.2) is 60.7 Å². The number of ether oxygens (including phenoxy) is 2. The van der Waals surface area contributed by atoms with Crippen LogP contribution in [0.3, 0.4) is 0 Å². The molecule has 0 radical (unpaired) electrons. The zero-order valence-electron chi connectivity index (χ0n) is 14.7. The van der Waals surface area contributed by atoms with E-state index in [4.69, 9.17) is 9.47 Å². The number of nitrogens with zero attached hydrogens (tertiary/aromatic N) is 5. The first-order valence-electron chi connectivity index (χ1n) is 8.61. The number of aromatic nitrogens is 4. The molecule has 2 aliphatic rings. The number of methoxy groups -OCH3 is 2. The van der Waals surface area contributed by atoms with Gasteiger partial charge in [-0.3, -0.25) is 0 Å². The van der Waals surface area contributed by atoms with Crippen LogP contribution in [-0.2, 0) is 9.47 Å². The van der Waals surface area contributed by atoms with Crippen molar-refractivity contribution in [2.75, 3.05) is 45.4 Å². The largest absolute Gasteiger partial charge is 0.384 e. The Morgan fingerprint density at radius 2 is 1.74 bits per heavy atom. The highest BCUT2D eigenvalue weighted by Crippen LogP contribution is 2.50. The Morgan fingerprint density at radius 3 is 2.26 bits per heavy atom. The van der Waals surface area contributed by atoms with E-state index in [9.17, 15) is 0 Å². The highest BCUT2D eigenvalue weighted by atomic mass is 16.5. The van der Waals surface area contributed by atoms with Gasteiger partial charge in [-0.05, 0) is 28.7 Å². The van der Waals surface area contributed by atoms with Crippen LogP contribution in [0.25, 0.3) is 0 Å². The molecule has 2 heterocycles. The average Bonchev–Trinajstić information content (AvgIpc) is 3.12. The zero-order chi connectivity index (χ0) is 16.4. The molecule has 0 spiro atoms. The number of hydrogen-bond acceptors (Lipinski definition) is 6. The quantitative estimate of drug-likeness (QED) is 0.762. The van der Waals surface area contributed by atoms with Crippen molar-refractivity contribution < 1.29 is 9.47 Å². The standard InChI is InChI=1S/C16H29N5O2/c1-5-16(2)6-14(7-16)21-15(17-18-19-21)20-8-12(10-22-3)13(9-20)11-23-4/h12-14H,5-11H2,1-4H3/t12-,13-,14?,16?/m0/s1. The van der Waals surface area contributed by atoms with E-state index in [2.05, 4.69) is 34.3 Å². The molecule has 130 valence electrons. The van der Waals surface area contributed by atoms with E-state index >= 15 is 0 Å². The lowest BCUT2D eigenvalue weighted by molar-refractivity contribution is 0.0698. The highest BCUT2D eigenvalue weighted by Gasteiger charge is 2.43. The third-order valence-electron chi connectivity index (χ3n) is 5.75. The van der Waals surface area contributed by atoms with Gasteiger partial charge < -0.3 is 14.4 Å². The Bertz CT molecular complexity index is 500. The van der Waals surface area contributed by atoms with Crippen molar-refractivity contribution in [3.8, 4) is 0 Å². The van der Waals surface area contributed by atoms with E-state index < -0.39 is 0 Å². The lowest BCUT2D eigenvalue weighted by Gasteiger charge is -2.45. The Hall–Kier alpha value is -1.21. The summed E-state index contributed by atoms with van der Waals surface area (Å²) in [5.41, 5.74) is 0.454. The van der Waals surface area contributed by atoms with Crippen LogP contribution >= 0.6 is 0 Å². The molecule has 2 fully saturated rings. The van der Waals surface area contributed by atoms with E-state index in [1.54, 1.807) is 14.2 Å². The predicted octanol–water partition coefficient (Wildman–Crippen LogP) is 1.77. The van der Waals surface area contributed by atoms with Gasteiger partial charge in [-0.1, -0.05) is 25.4 Å². The smallest absolute Gasteiger partial charge is 0.245 e. The average molecular weight is 323 g/mol. The van der Waals surface area contributed by atoms with Crippen LogP contribution in [0.1, 0.15) is 39.2 Å². The van der Waals surface area contributed by atoms with Gasteiger partial charge in [-0.25, -0.2) is 4.68 Å². The van der Waals surface area contributed by atoms with Crippen LogP contribution in [0, 0.1) is 17.3 Å². The van der Waals surface area contributed by atoms with Gasteiger partial charge in [0.2, 0.25) is 5.95 Å². The molecule has 1 saturated heterocycles. The van der Waals surface area contributed by atoms with Crippen molar-refractivity contribution in [3.05, 3.63) is 0 Å². The van der Waals surface area contributed by atoms with Gasteiger partial charge in [0.1, 0.15) is 0 Å². The topological polar surface area (TPSA) is 65.3 Å². The van der Waals surface area contributed by atoms with Crippen molar-refractivity contribution >= 4 is 5.95 Å². The summed E-state index contributed by atoms with van der Waals surface area (Å²) in [6, 6.07) is 0.437. The Balaban J connectivity index is 1.70. The Labute approximate surface area is 138 Å². The fourth-order valence-electron chi connectivity index (χ4n) is 4.08. The summed E-state index contributed by atoms with van der Waals surface area (Å²) in [5.74, 6) is 1.84. The summed E-state index contributed by atoms with van der Waals surface area (Å²) < 4.78 is 12.8. The van der Waals surface area contributed by atoms with Gasteiger partial charge in [0.05, 0.1) is 19.3 Å². The van der Waals surface area contributed by atoms with Crippen LogP contribution < -0.4 is 4.90 Å². The molecule has 0 aromatic carbocycles. The van der Waals surface area contributed by atoms with Crippen molar-refractivity contribution in [3.63, 3.8) is 0 Å². The third kappa shape index (κ3) is 3.21. The third-order valence-corrected chi connectivity index (χ3v) is 5.75. The summed E-state index contributed by atoms with van der Waals surface area (Å²) in [4.78, 5) is 2.30.